The summed E-state index contributed by atoms with van der Waals surface area (Å²) in [7, 11) is 0. The monoisotopic (exact) mass is 272 g/mol. The first-order chi connectivity index (χ1) is 8.05. The van der Waals surface area contributed by atoms with Gasteiger partial charge in [0.05, 0.1) is 5.70 Å². The van der Waals surface area contributed by atoms with Gasteiger partial charge in [0, 0.05) is 12.0 Å². The number of alkyl halides is 5. The summed E-state index contributed by atoms with van der Waals surface area (Å²) in [6.07, 6.45) is -6.53. The molecule has 0 aromatic heterocycles. The predicted molar refractivity (Wildman–Crippen MR) is 50.6 cm³/mol. The van der Waals surface area contributed by atoms with Crippen LogP contribution in [0.3, 0.4) is 0 Å². The topological polar surface area (TPSA) is 73.2 Å². The SMILES string of the molecule is N=C(C1=C(NCC(=O)O)C(F)(F)CC1)C(F)(F)F. The van der Waals surface area contributed by atoms with Gasteiger partial charge in [-0.1, -0.05) is 0 Å². The maximum atomic E-state index is 13.3. The van der Waals surface area contributed by atoms with Crippen molar-refractivity contribution in [2.45, 2.75) is 24.9 Å². The largest absolute Gasteiger partial charge is 0.480 e. The second-order valence-corrected chi connectivity index (χ2v) is 3.68. The molecule has 0 saturated heterocycles. The molecule has 3 N–H and O–H groups in total. The molecule has 0 aliphatic heterocycles. The number of carboxylic acids is 1. The van der Waals surface area contributed by atoms with Crippen LogP contribution in [0.1, 0.15) is 12.8 Å². The van der Waals surface area contributed by atoms with Crippen LogP contribution >= 0.6 is 0 Å². The van der Waals surface area contributed by atoms with Crippen LogP contribution in [0, 0.1) is 5.41 Å². The number of hydrogen-bond donors (Lipinski definition) is 3. The van der Waals surface area contributed by atoms with Crippen molar-refractivity contribution in [3.8, 4) is 0 Å². The van der Waals surface area contributed by atoms with Crippen molar-refractivity contribution in [1.82, 2.24) is 5.32 Å². The predicted octanol–water partition coefficient (Wildman–Crippen LogP) is 1.93. The third kappa shape index (κ3) is 2.96. The number of rotatable bonds is 4. The fourth-order valence-corrected chi connectivity index (χ4v) is 1.57. The van der Waals surface area contributed by atoms with E-state index in [1.807, 2.05) is 0 Å². The average molecular weight is 272 g/mol. The maximum Gasteiger partial charge on any atom is 0.433 e. The lowest BCUT2D eigenvalue weighted by molar-refractivity contribution is -0.135. The molecule has 0 unspecified atom stereocenters. The molecule has 0 radical (unpaired) electrons. The summed E-state index contributed by atoms with van der Waals surface area (Å²) in [5.41, 5.74) is -3.87. The normalized spacial score (nSPS) is 18.9. The molecule has 1 rings (SSSR count). The summed E-state index contributed by atoms with van der Waals surface area (Å²) in [4.78, 5) is 10.2. The van der Waals surface area contributed by atoms with E-state index in [0.717, 1.165) is 0 Å². The second kappa shape index (κ2) is 4.54. The Labute approximate surface area is 98.0 Å². The van der Waals surface area contributed by atoms with E-state index in [1.165, 1.54) is 0 Å². The van der Waals surface area contributed by atoms with Gasteiger partial charge in [-0.15, -0.1) is 0 Å². The Bertz CT molecular complexity index is 414. The Morgan fingerprint density at radius 2 is 2.00 bits per heavy atom. The van der Waals surface area contributed by atoms with Gasteiger partial charge in [-0.05, 0) is 6.42 Å². The van der Waals surface area contributed by atoms with Crippen molar-refractivity contribution in [3.05, 3.63) is 11.3 Å². The van der Waals surface area contributed by atoms with Gasteiger partial charge in [-0.25, -0.2) is 0 Å². The Morgan fingerprint density at radius 1 is 1.44 bits per heavy atom. The van der Waals surface area contributed by atoms with Gasteiger partial charge in [0.1, 0.15) is 12.3 Å². The first kappa shape index (κ1) is 14.4. The highest BCUT2D eigenvalue weighted by atomic mass is 19.4. The van der Waals surface area contributed by atoms with Gasteiger partial charge in [0.2, 0.25) is 0 Å². The van der Waals surface area contributed by atoms with Gasteiger partial charge in [0.15, 0.2) is 0 Å². The van der Waals surface area contributed by atoms with Crippen molar-refractivity contribution >= 4 is 11.7 Å². The van der Waals surface area contributed by atoms with Crippen LogP contribution in [0.2, 0.25) is 0 Å². The molecule has 4 nitrogen and oxygen atoms in total. The maximum absolute atomic E-state index is 13.3. The van der Waals surface area contributed by atoms with Gasteiger partial charge >= 0.3 is 12.1 Å². The molecule has 102 valence electrons. The Morgan fingerprint density at radius 3 is 2.44 bits per heavy atom. The van der Waals surface area contributed by atoms with Gasteiger partial charge in [-0.2, -0.15) is 22.0 Å². The number of allylic oxidation sites excluding steroid dienone is 2. The third-order valence-electron chi connectivity index (χ3n) is 2.36. The van der Waals surface area contributed by atoms with Crippen LogP contribution in [-0.4, -0.2) is 35.4 Å². The van der Waals surface area contributed by atoms with Gasteiger partial charge in [-0.3, -0.25) is 10.2 Å². The minimum atomic E-state index is -5.04. The first-order valence-corrected chi connectivity index (χ1v) is 4.79. The fourth-order valence-electron chi connectivity index (χ4n) is 1.57. The van der Waals surface area contributed by atoms with E-state index in [4.69, 9.17) is 10.5 Å². The molecule has 0 spiro atoms. The van der Waals surface area contributed by atoms with E-state index in [9.17, 15) is 26.7 Å². The number of nitrogens with one attached hydrogen (secondary N) is 2. The van der Waals surface area contributed by atoms with E-state index in [1.54, 1.807) is 5.32 Å². The van der Waals surface area contributed by atoms with Crippen molar-refractivity contribution in [1.29, 1.82) is 5.41 Å². The minimum Gasteiger partial charge on any atom is -0.480 e. The number of halogens is 5. The molecule has 0 aromatic carbocycles. The molecule has 9 heteroatoms. The molecular formula is C9H9F5N2O2. The summed E-state index contributed by atoms with van der Waals surface area (Å²) in [5.74, 6) is -5.05. The van der Waals surface area contributed by atoms with E-state index in [0.29, 0.717) is 0 Å². The lowest BCUT2D eigenvalue weighted by atomic mass is 10.1. The van der Waals surface area contributed by atoms with Crippen LogP contribution in [0.5, 0.6) is 0 Å². The summed E-state index contributed by atoms with van der Waals surface area (Å²) in [6, 6.07) is 0. The molecule has 18 heavy (non-hydrogen) atoms. The lowest BCUT2D eigenvalue weighted by Gasteiger charge is -2.17. The molecule has 0 atom stereocenters. The van der Waals surface area contributed by atoms with Crippen molar-refractivity contribution in [2.75, 3.05) is 6.54 Å². The quantitative estimate of drug-likeness (QED) is 0.540. The van der Waals surface area contributed by atoms with Crippen LogP contribution in [0.25, 0.3) is 0 Å². The highest BCUT2D eigenvalue weighted by Crippen LogP contribution is 2.41. The van der Waals surface area contributed by atoms with E-state index in [2.05, 4.69) is 0 Å². The zero-order valence-electron chi connectivity index (χ0n) is 8.87. The summed E-state index contributed by atoms with van der Waals surface area (Å²) in [6.45, 7) is -0.931. The molecule has 0 heterocycles. The standard InChI is InChI=1S/C9H9F5N2O2/c10-8(11)2-1-4(6(15)9(12,13)14)7(8)16-3-5(17)18/h15-16H,1-3H2,(H,17,18). The Hall–Kier alpha value is -1.67. The Kier molecular flexibility index (Phi) is 3.63. The number of aliphatic carboxylic acids is 1. The molecule has 1 aliphatic carbocycles. The van der Waals surface area contributed by atoms with E-state index >= 15 is 0 Å². The minimum absolute atomic E-state index is 0.618. The fraction of sp³-hybridized carbons (Fsp3) is 0.556. The van der Waals surface area contributed by atoms with Crippen molar-refractivity contribution in [2.24, 2.45) is 0 Å². The Balaban J connectivity index is 3.06. The van der Waals surface area contributed by atoms with E-state index < -0.39 is 54.4 Å². The van der Waals surface area contributed by atoms with Crippen LogP contribution in [-0.2, 0) is 4.79 Å². The van der Waals surface area contributed by atoms with Crippen LogP contribution in [0.4, 0.5) is 22.0 Å². The first-order valence-electron chi connectivity index (χ1n) is 4.79. The second-order valence-electron chi connectivity index (χ2n) is 3.68. The molecular weight excluding hydrogens is 263 g/mol. The van der Waals surface area contributed by atoms with E-state index in [-0.39, 0.29) is 0 Å². The highest BCUT2D eigenvalue weighted by molar-refractivity contribution is 6.03. The summed E-state index contributed by atoms with van der Waals surface area (Å²) in [5, 5.41) is 16.9. The lowest BCUT2D eigenvalue weighted by Crippen LogP contribution is -2.33. The van der Waals surface area contributed by atoms with Crippen molar-refractivity contribution < 1.29 is 31.9 Å². The van der Waals surface area contributed by atoms with Gasteiger partial charge < -0.3 is 10.4 Å². The summed E-state index contributed by atoms with van der Waals surface area (Å²) >= 11 is 0. The number of carboxylic acid groups (broad SMARTS) is 1. The average Bonchev–Trinajstić information content (AvgIpc) is 2.48. The zero-order valence-corrected chi connectivity index (χ0v) is 8.87. The number of hydrogen-bond acceptors (Lipinski definition) is 3. The highest BCUT2D eigenvalue weighted by Gasteiger charge is 2.48. The molecule has 0 amide bonds. The molecule has 1 aliphatic rings. The molecule has 0 aromatic rings. The van der Waals surface area contributed by atoms with Crippen molar-refractivity contribution in [3.63, 3.8) is 0 Å². The number of carbonyl (C=O) groups is 1. The third-order valence-corrected chi connectivity index (χ3v) is 2.36. The van der Waals surface area contributed by atoms with Crippen LogP contribution in [0.15, 0.2) is 11.3 Å². The molecule has 0 bridgehead atoms. The zero-order chi connectivity index (χ0) is 14.1. The summed E-state index contributed by atoms with van der Waals surface area (Å²) < 4.78 is 63.4. The smallest absolute Gasteiger partial charge is 0.433 e. The molecule has 0 fully saturated rings. The molecule has 0 saturated carbocycles. The van der Waals surface area contributed by atoms with Crippen LogP contribution < -0.4 is 5.32 Å². The van der Waals surface area contributed by atoms with Gasteiger partial charge in [0.25, 0.3) is 5.92 Å².